The molecule has 138 valence electrons. The highest BCUT2D eigenvalue weighted by Gasteiger charge is 2.16. The van der Waals surface area contributed by atoms with Crippen LogP contribution in [0.4, 0.5) is 0 Å². The number of ether oxygens (including phenoxy) is 4. The van der Waals surface area contributed by atoms with Crippen LogP contribution in [-0.4, -0.2) is 59.6 Å². The second-order valence-corrected chi connectivity index (χ2v) is 6.26. The summed E-state index contributed by atoms with van der Waals surface area (Å²) in [4.78, 5) is 0. The van der Waals surface area contributed by atoms with Crippen molar-refractivity contribution in [1.82, 2.24) is 20.0 Å². The van der Waals surface area contributed by atoms with Crippen LogP contribution in [0.15, 0.2) is 30.6 Å². The zero-order valence-corrected chi connectivity index (χ0v) is 14.8. The van der Waals surface area contributed by atoms with Crippen LogP contribution in [0.1, 0.15) is 13.2 Å². The largest absolute Gasteiger partial charge is 0.488 e. The lowest BCUT2D eigenvalue weighted by Crippen LogP contribution is -2.22. The van der Waals surface area contributed by atoms with Gasteiger partial charge < -0.3 is 18.9 Å². The molecule has 0 fully saturated rings. The first-order valence-electron chi connectivity index (χ1n) is 8.62. The van der Waals surface area contributed by atoms with Gasteiger partial charge in [0, 0.05) is 24.3 Å². The summed E-state index contributed by atoms with van der Waals surface area (Å²) in [6, 6.07) is 5.89. The highest BCUT2D eigenvalue weighted by atomic mass is 16.6. The quantitative estimate of drug-likeness (QED) is 0.719. The number of methoxy groups -OCH3 is 1. The van der Waals surface area contributed by atoms with Gasteiger partial charge >= 0.3 is 0 Å². The number of nitrogens with zero attached hydrogens (tertiary/aromatic N) is 3. The maximum atomic E-state index is 5.97. The Morgan fingerprint density at radius 3 is 2.92 bits per heavy atom. The molecule has 1 aliphatic heterocycles. The summed E-state index contributed by atoms with van der Waals surface area (Å²) in [6.07, 6.45) is 3.31. The Labute approximate surface area is 151 Å². The van der Waals surface area contributed by atoms with E-state index in [0.29, 0.717) is 26.4 Å². The van der Waals surface area contributed by atoms with Crippen molar-refractivity contribution in [3.63, 3.8) is 0 Å². The Morgan fingerprint density at radius 2 is 2.08 bits per heavy atom. The van der Waals surface area contributed by atoms with Crippen LogP contribution in [0.25, 0.3) is 22.2 Å². The van der Waals surface area contributed by atoms with E-state index >= 15 is 0 Å². The Kier molecular flexibility index (Phi) is 4.87. The van der Waals surface area contributed by atoms with Crippen LogP contribution < -0.4 is 4.74 Å². The molecule has 0 amide bonds. The Morgan fingerprint density at radius 1 is 1.23 bits per heavy atom. The van der Waals surface area contributed by atoms with E-state index in [1.54, 1.807) is 18.0 Å². The molecule has 0 saturated carbocycles. The maximum Gasteiger partial charge on any atom is 0.172 e. The highest BCUT2D eigenvalue weighted by molar-refractivity contribution is 5.93. The number of nitrogens with one attached hydrogen (secondary N) is 1. The summed E-state index contributed by atoms with van der Waals surface area (Å²) in [6.45, 7) is 3.84. The van der Waals surface area contributed by atoms with Crippen LogP contribution in [0.2, 0.25) is 0 Å². The highest BCUT2D eigenvalue weighted by Crippen LogP contribution is 2.30. The summed E-state index contributed by atoms with van der Waals surface area (Å²) >= 11 is 0. The molecule has 8 nitrogen and oxygen atoms in total. The summed E-state index contributed by atoms with van der Waals surface area (Å²) in [7, 11) is 1.64. The monoisotopic (exact) mass is 358 g/mol. The predicted molar refractivity (Wildman–Crippen MR) is 95.1 cm³/mol. The molecule has 8 heteroatoms. The molecule has 2 atom stereocenters. The van der Waals surface area contributed by atoms with Crippen molar-refractivity contribution in [3.8, 4) is 17.0 Å². The van der Waals surface area contributed by atoms with Crippen LogP contribution in [0.3, 0.4) is 0 Å². The number of H-pyrrole nitrogens is 1. The number of aromatic amines is 1. The van der Waals surface area contributed by atoms with E-state index in [-0.39, 0.29) is 12.3 Å². The average Bonchev–Trinajstić information content (AvgIpc) is 3.27. The second-order valence-electron chi connectivity index (χ2n) is 6.26. The summed E-state index contributed by atoms with van der Waals surface area (Å²) in [5.41, 5.74) is 2.67. The van der Waals surface area contributed by atoms with Gasteiger partial charge in [-0.3, -0.25) is 5.10 Å². The summed E-state index contributed by atoms with van der Waals surface area (Å²) in [5, 5.41) is 12.9. The van der Waals surface area contributed by atoms with Gasteiger partial charge in [-0.25, -0.2) is 4.68 Å². The number of rotatable bonds is 1. The number of benzene rings is 1. The summed E-state index contributed by atoms with van der Waals surface area (Å²) in [5.74, 6) is 0.779. The average molecular weight is 358 g/mol. The molecule has 2 aromatic heterocycles. The zero-order chi connectivity index (χ0) is 17.9. The van der Waals surface area contributed by atoms with Crippen molar-refractivity contribution in [3.05, 3.63) is 30.6 Å². The molecule has 4 rings (SSSR count). The topological polar surface area (TPSA) is 83.4 Å². The van der Waals surface area contributed by atoms with E-state index in [4.69, 9.17) is 18.9 Å². The fraction of sp³-hybridized carbons (Fsp3) is 0.444. The van der Waals surface area contributed by atoms with Gasteiger partial charge in [-0.15, -0.1) is 0 Å². The Balaban J connectivity index is 1.73. The van der Waals surface area contributed by atoms with Gasteiger partial charge in [0.1, 0.15) is 17.5 Å². The fourth-order valence-electron chi connectivity index (χ4n) is 2.97. The molecule has 0 spiro atoms. The molecular formula is C18H22N4O4. The van der Waals surface area contributed by atoms with Gasteiger partial charge in [-0.05, 0) is 25.1 Å². The van der Waals surface area contributed by atoms with E-state index < -0.39 is 0 Å². The Hall–Kier alpha value is -2.42. The van der Waals surface area contributed by atoms with E-state index in [9.17, 15) is 0 Å². The van der Waals surface area contributed by atoms with Gasteiger partial charge in [0.15, 0.2) is 6.23 Å². The second kappa shape index (κ2) is 7.45. The van der Waals surface area contributed by atoms with Crippen LogP contribution in [0, 0.1) is 0 Å². The van der Waals surface area contributed by atoms with Crippen molar-refractivity contribution >= 4 is 10.9 Å². The lowest BCUT2D eigenvalue weighted by atomic mass is 10.1. The molecular weight excluding hydrogens is 336 g/mol. The molecule has 1 unspecified atom stereocenters. The molecule has 4 bridgehead atoms. The van der Waals surface area contributed by atoms with Crippen molar-refractivity contribution < 1.29 is 18.9 Å². The summed E-state index contributed by atoms with van der Waals surface area (Å²) < 4.78 is 24.5. The minimum Gasteiger partial charge on any atom is -0.488 e. The maximum absolute atomic E-state index is 5.97. The lowest BCUT2D eigenvalue weighted by molar-refractivity contribution is -0.0553. The molecule has 3 heterocycles. The van der Waals surface area contributed by atoms with Gasteiger partial charge in [0.05, 0.1) is 38.1 Å². The molecule has 0 aliphatic carbocycles. The first kappa shape index (κ1) is 17.0. The van der Waals surface area contributed by atoms with E-state index in [2.05, 4.69) is 15.3 Å². The van der Waals surface area contributed by atoms with E-state index in [1.807, 2.05) is 31.3 Å². The smallest absolute Gasteiger partial charge is 0.172 e. The third-order valence-corrected chi connectivity index (χ3v) is 4.30. The van der Waals surface area contributed by atoms with Gasteiger partial charge in [0.25, 0.3) is 0 Å². The van der Waals surface area contributed by atoms with Crippen LogP contribution >= 0.6 is 0 Å². The molecule has 26 heavy (non-hydrogen) atoms. The standard InChI is InChI=1S/C18H22N4O4/c1-12-10-24-5-6-25-11-17(23-2)22-9-13(8-19-22)18-15-7-14(26-12)3-4-16(15)20-21-18/h3-4,7-9,12,17H,5-6,10-11H2,1-2H3,(H,20,21)/t12-,17?/m1/s1. The van der Waals surface area contributed by atoms with Crippen molar-refractivity contribution in [2.24, 2.45) is 0 Å². The third kappa shape index (κ3) is 3.44. The van der Waals surface area contributed by atoms with E-state index in [1.165, 1.54) is 0 Å². The minimum atomic E-state index is -0.306. The minimum absolute atomic E-state index is 0.0646. The third-order valence-electron chi connectivity index (χ3n) is 4.30. The van der Waals surface area contributed by atoms with Crippen LogP contribution in [0.5, 0.6) is 5.75 Å². The van der Waals surface area contributed by atoms with Gasteiger partial charge in [0.2, 0.25) is 0 Å². The number of hydrogen-bond donors (Lipinski definition) is 1. The number of hydrogen-bond acceptors (Lipinski definition) is 6. The SMILES string of the molecule is COC1COCCOC[C@@H](C)Oc2ccc3[nH]nc(c3c2)-c2cnn1c2. The molecule has 1 aliphatic rings. The Bertz CT molecular complexity index is 875. The molecule has 3 aromatic rings. The molecule has 0 saturated heterocycles. The first-order valence-corrected chi connectivity index (χ1v) is 8.62. The molecule has 1 N–H and O–H groups in total. The van der Waals surface area contributed by atoms with Crippen molar-refractivity contribution in [1.29, 1.82) is 0 Å². The predicted octanol–water partition coefficient (Wildman–Crippen LogP) is 2.39. The number of fused-ring (bicyclic) bond motifs is 4. The number of aromatic nitrogens is 4. The van der Waals surface area contributed by atoms with Gasteiger partial charge in [-0.1, -0.05) is 0 Å². The first-order chi connectivity index (χ1) is 12.7. The van der Waals surface area contributed by atoms with Crippen LogP contribution in [-0.2, 0) is 14.2 Å². The van der Waals surface area contributed by atoms with E-state index in [0.717, 1.165) is 27.9 Å². The van der Waals surface area contributed by atoms with Gasteiger partial charge in [-0.2, -0.15) is 10.2 Å². The van der Waals surface area contributed by atoms with Crippen molar-refractivity contribution in [2.45, 2.75) is 19.3 Å². The normalized spacial score (nSPS) is 21.8. The fourth-order valence-corrected chi connectivity index (χ4v) is 2.97. The lowest BCUT2D eigenvalue weighted by Gasteiger charge is -2.17. The molecule has 0 radical (unpaired) electrons. The zero-order valence-electron chi connectivity index (χ0n) is 14.8. The molecule has 1 aromatic carbocycles. The van der Waals surface area contributed by atoms with Crippen molar-refractivity contribution in [2.75, 3.05) is 33.5 Å².